The molecule has 1 N–H and O–H groups in total. The van der Waals surface area contributed by atoms with Crippen LogP contribution in [0.2, 0.25) is 0 Å². The van der Waals surface area contributed by atoms with Gasteiger partial charge in [-0.05, 0) is 30.0 Å². The lowest BCUT2D eigenvalue weighted by molar-refractivity contribution is 0.0856. The quantitative estimate of drug-likeness (QED) is 0.793. The van der Waals surface area contributed by atoms with Crippen LogP contribution in [0.4, 0.5) is 0 Å². The zero-order valence-corrected chi connectivity index (χ0v) is 10.7. The average molecular weight is 220 g/mol. The predicted octanol–water partition coefficient (Wildman–Crippen LogP) is 2.32. The first kappa shape index (κ1) is 12.7. The Morgan fingerprint density at radius 3 is 2.44 bits per heavy atom. The molecule has 0 aliphatic heterocycles. The third-order valence-electron chi connectivity index (χ3n) is 2.50. The van der Waals surface area contributed by atoms with Gasteiger partial charge in [0, 0.05) is 19.7 Å². The number of carbonyl (C=O) groups is 1. The second kappa shape index (κ2) is 5.12. The molecule has 0 aromatic heterocycles. The first-order valence-electron chi connectivity index (χ1n) is 5.50. The minimum absolute atomic E-state index is 0.0509. The number of amides is 1. The first-order chi connectivity index (χ1) is 7.41. The Morgan fingerprint density at radius 1 is 1.31 bits per heavy atom. The monoisotopic (exact) mass is 220 g/mol. The summed E-state index contributed by atoms with van der Waals surface area (Å²) < 4.78 is 0. The fraction of sp³-hybridized carbons (Fsp3) is 0.462. The molecule has 3 nitrogen and oxygen atoms in total. The number of hydrogen-bond acceptors (Lipinski definition) is 2. The maximum absolute atomic E-state index is 11.9. The number of nitrogens with zero attached hydrogens (tertiary/aromatic N) is 1. The number of hydrazine groups is 1. The van der Waals surface area contributed by atoms with Crippen molar-refractivity contribution in [1.29, 1.82) is 0 Å². The molecule has 0 atom stereocenters. The van der Waals surface area contributed by atoms with Crippen LogP contribution in [0.3, 0.4) is 0 Å². The molecular formula is C13H20N2O. The topological polar surface area (TPSA) is 32.3 Å². The van der Waals surface area contributed by atoms with Crippen LogP contribution in [0.15, 0.2) is 18.2 Å². The van der Waals surface area contributed by atoms with E-state index in [4.69, 9.17) is 0 Å². The van der Waals surface area contributed by atoms with E-state index < -0.39 is 0 Å². The highest BCUT2D eigenvalue weighted by Crippen LogP contribution is 2.18. The fourth-order valence-electron chi connectivity index (χ4n) is 1.51. The fourth-order valence-corrected chi connectivity index (χ4v) is 1.51. The van der Waals surface area contributed by atoms with E-state index in [2.05, 4.69) is 25.3 Å². The number of carbonyl (C=O) groups excluding carboxylic acids is 1. The van der Waals surface area contributed by atoms with Crippen LogP contribution >= 0.6 is 0 Å². The highest BCUT2D eigenvalue weighted by atomic mass is 16.2. The SMILES string of the molecule is Cc1ccc(C(C)C)cc1C(=O)NN(C)C. The van der Waals surface area contributed by atoms with E-state index in [0.717, 1.165) is 11.1 Å². The Labute approximate surface area is 97.4 Å². The molecule has 0 saturated heterocycles. The van der Waals surface area contributed by atoms with Crippen LogP contribution in [0.5, 0.6) is 0 Å². The molecule has 1 aromatic rings. The van der Waals surface area contributed by atoms with Gasteiger partial charge in [-0.1, -0.05) is 26.0 Å². The van der Waals surface area contributed by atoms with Gasteiger partial charge in [0.1, 0.15) is 0 Å². The van der Waals surface area contributed by atoms with Crippen molar-refractivity contribution in [3.63, 3.8) is 0 Å². The van der Waals surface area contributed by atoms with Gasteiger partial charge in [0.05, 0.1) is 0 Å². The van der Waals surface area contributed by atoms with Gasteiger partial charge in [-0.3, -0.25) is 10.2 Å². The van der Waals surface area contributed by atoms with Crippen molar-refractivity contribution in [2.45, 2.75) is 26.7 Å². The lowest BCUT2D eigenvalue weighted by atomic mass is 9.97. The molecule has 16 heavy (non-hydrogen) atoms. The van der Waals surface area contributed by atoms with E-state index in [1.165, 1.54) is 5.56 Å². The lowest BCUT2D eigenvalue weighted by Crippen LogP contribution is -2.36. The Bertz CT molecular complexity index is 384. The number of rotatable bonds is 3. The number of nitrogens with one attached hydrogen (secondary N) is 1. The average Bonchev–Trinajstić information content (AvgIpc) is 2.16. The highest BCUT2D eigenvalue weighted by Gasteiger charge is 2.11. The Kier molecular flexibility index (Phi) is 4.07. The summed E-state index contributed by atoms with van der Waals surface area (Å²) in [6, 6.07) is 6.05. The summed E-state index contributed by atoms with van der Waals surface area (Å²) >= 11 is 0. The summed E-state index contributed by atoms with van der Waals surface area (Å²) in [7, 11) is 3.61. The van der Waals surface area contributed by atoms with E-state index in [1.807, 2.05) is 19.1 Å². The van der Waals surface area contributed by atoms with Crippen LogP contribution in [0, 0.1) is 6.92 Å². The normalized spacial score (nSPS) is 10.9. The Balaban J connectivity index is 3.02. The van der Waals surface area contributed by atoms with E-state index >= 15 is 0 Å². The summed E-state index contributed by atoms with van der Waals surface area (Å²) in [4.78, 5) is 11.9. The summed E-state index contributed by atoms with van der Waals surface area (Å²) in [5.41, 5.74) is 5.70. The van der Waals surface area contributed by atoms with Crippen molar-refractivity contribution in [3.05, 3.63) is 34.9 Å². The first-order valence-corrected chi connectivity index (χ1v) is 5.50. The summed E-state index contributed by atoms with van der Waals surface area (Å²) in [5, 5.41) is 1.66. The van der Waals surface area contributed by atoms with Gasteiger partial charge in [-0.25, -0.2) is 5.01 Å². The summed E-state index contributed by atoms with van der Waals surface area (Å²) in [5.74, 6) is 0.386. The van der Waals surface area contributed by atoms with Gasteiger partial charge in [0.15, 0.2) is 0 Å². The molecule has 0 unspecified atom stereocenters. The van der Waals surface area contributed by atoms with Gasteiger partial charge in [0.25, 0.3) is 5.91 Å². The van der Waals surface area contributed by atoms with Crippen molar-refractivity contribution in [2.24, 2.45) is 0 Å². The predicted molar refractivity (Wildman–Crippen MR) is 66.4 cm³/mol. The molecule has 0 saturated carbocycles. The van der Waals surface area contributed by atoms with Crippen molar-refractivity contribution in [2.75, 3.05) is 14.1 Å². The van der Waals surface area contributed by atoms with Gasteiger partial charge in [-0.15, -0.1) is 0 Å². The number of benzene rings is 1. The zero-order valence-electron chi connectivity index (χ0n) is 10.7. The minimum atomic E-state index is -0.0509. The van der Waals surface area contributed by atoms with Crippen LogP contribution in [-0.4, -0.2) is 25.0 Å². The molecule has 3 heteroatoms. The third-order valence-corrected chi connectivity index (χ3v) is 2.50. The molecule has 0 radical (unpaired) electrons. The molecule has 0 bridgehead atoms. The van der Waals surface area contributed by atoms with E-state index in [-0.39, 0.29) is 5.91 Å². The largest absolute Gasteiger partial charge is 0.285 e. The van der Waals surface area contributed by atoms with Gasteiger partial charge in [-0.2, -0.15) is 0 Å². The van der Waals surface area contributed by atoms with Crippen LogP contribution in [0.25, 0.3) is 0 Å². The van der Waals surface area contributed by atoms with Crippen LogP contribution < -0.4 is 5.43 Å². The Morgan fingerprint density at radius 2 is 1.94 bits per heavy atom. The van der Waals surface area contributed by atoms with Crippen molar-refractivity contribution in [1.82, 2.24) is 10.4 Å². The Hall–Kier alpha value is -1.35. The molecule has 0 aliphatic rings. The molecule has 0 heterocycles. The molecule has 0 fully saturated rings. The lowest BCUT2D eigenvalue weighted by Gasteiger charge is -2.15. The molecule has 1 aromatic carbocycles. The van der Waals surface area contributed by atoms with Crippen LogP contribution in [-0.2, 0) is 0 Å². The molecule has 1 rings (SSSR count). The second-order valence-corrected chi connectivity index (χ2v) is 4.56. The van der Waals surface area contributed by atoms with Gasteiger partial charge >= 0.3 is 0 Å². The van der Waals surface area contributed by atoms with Gasteiger partial charge < -0.3 is 0 Å². The van der Waals surface area contributed by atoms with Crippen molar-refractivity contribution >= 4 is 5.91 Å². The minimum Gasteiger partial charge on any atom is -0.285 e. The maximum atomic E-state index is 11.9. The highest BCUT2D eigenvalue weighted by molar-refractivity contribution is 5.95. The molecular weight excluding hydrogens is 200 g/mol. The second-order valence-electron chi connectivity index (χ2n) is 4.56. The zero-order chi connectivity index (χ0) is 12.3. The van der Waals surface area contributed by atoms with E-state index in [1.54, 1.807) is 19.1 Å². The molecule has 1 amide bonds. The number of hydrogen-bond donors (Lipinski definition) is 1. The van der Waals surface area contributed by atoms with Crippen molar-refractivity contribution in [3.8, 4) is 0 Å². The van der Waals surface area contributed by atoms with E-state index in [9.17, 15) is 4.79 Å². The maximum Gasteiger partial charge on any atom is 0.265 e. The van der Waals surface area contributed by atoms with Crippen LogP contribution in [0.1, 0.15) is 41.3 Å². The summed E-state index contributed by atoms with van der Waals surface area (Å²) in [6.45, 7) is 6.20. The number of aryl methyl sites for hydroxylation is 1. The van der Waals surface area contributed by atoms with Gasteiger partial charge in [0.2, 0.25) is 0 Å². The summed E-state index contributed by atoms with van der Waals surface area (Å²) in [6.07, 6.45) is 0. The standard InChI is InChI=1S/C13H20N2O/c1-9(2)11-7-6-10(3)12(8-11)13(16)14-15(4)5/h6-9H,1-5H3,(H,14,16). The molecule has 88 valence electrons. The smallest absolute Gasteiger partial charge is 0.265 e. The molecule has 0 aliphatic carbocycles. The molecule has 0 spiro atoms. The third kappa shape index (κ3) is 3.07. The van der Waals surface area contributed by atoms with Crippen molar-refractivity contribution < 1.29 is 4.79 Å². The van der Waals surface area contributed by atoms with E-state index in [0.29, 0.717) is 5.92 Å².